The van der Waals surface area contributed by atoms with Crippen LogP contribution < -0.4 is 0 Å². The number of rotatable bonds is 3. The summed E-state index contributed by atoms with van der Waals surface area (Å²) >= 11 is 0. The highest BCUT2D eigenvalue weighted by molar-refractivity contribution is 5.33. The Labute approximate surface area is 67.4 Å². The monoisotopic (exact) mass is 152 g/mol. The van der Waals surface area contributed by atoms with Gasteiger partial charge in [-0.3, -0.25) is 0 Å². The van der Waals surface area contributed by atoms with E-state index in [-0.39, 0.29) is 5.83 Å². The first-order valence-electron chi connectivity index (χ1n) is 3.42. The van der Waals surface area contributed by atoms with Crippen LogP contribution in [0.2, 0.25) is 0 Å². The Bertz CT molecular complexity index is 219. The highest BCUT2D eigenvalue weighted by Gasteiger charge is 1.98. The molecule has 0 aromatic carbocycles. The van der Waals surface area contributed by atoms with Crippen molar-refractivity contribution in [3.63, 3.8) is 0 Å². The number of allylic oxidation sites excluding steroid dienone is 6. The first-order chi connectivity index (χ1) is 5.13. The SMILES string of the molecule is C=C/C=C(C)/C(F)=C(/C)C=C. The Balaban J connectivity index is 4.72. The minimum atomic E-state index is -0.222. The molecule has 0 saturated carbocycles. The second-order valence-electron chi connectivity index (χ2n) is 2.29. The molecule has 0 unspecified atom stereocenters. The van der Waals surface area contributed by atoms with Crippen molar-refractivity contribution in [1.82, 2.24) is 0 Å². The van der Waals surface area contributed by atoms with Crippen molar-refractivity contribution in [3.05, 3.63) is 48.4 Å². The van der Waals surface area contributed by atoms with Gasteiger partial charge in [-0.2, -0.15) is 0 Å². The smallest absolute Gasteiger partial charge is 0.128 e. The van der Waals surface area contributed by atoms with Crippen molar-refractivity contribution in [3.8, 4) is 0 Å². The third kappa shape index (κ3) is 2.99. The fourth-order valence-electron chi connectivity index (χ4n) is 0.651. The molecule has 0 aliphatic rings. The molecule has 0 fully saturated rings. The lowest BCUT2D eigenvalue weighted by molar-refractivity contribution is 0.643. The molecule has 0 aliphatic heterocycles. The van der Waals surface area contributed by atoms with E-state index in [0.29, 0.717) is 11.1 Å². The zero-order valence-corrected chi connectivity index (χ0v) is 7.02. The average molecular weight is 152 g/mol. The lowest BCUT2D eigenvalue weighted by Crippen LogP contribution is -1.80. The van der Waals surface area contributed by atoms with E-state index in [1.165, 1.54) is 6.08 Å². The average Bonchev–Trinajstić information content (AvgIpc) is 2.02. The first-order valence-corrected chi connectivity index (χ1v) is 3.42. The van der Waals surface area contributed by atoms with Crippen molar-refractivity contribution in [2.24, 2.45) is 0 Å². The Morgan fingerprint density at radius 1 is 1.27 bits per heavy atom. The van der Waals surface area contributed by atoms with Gasteiger partial charge in [0, 0.05) is 0 Å². The third-order valence-corrected chi connectivity index (χ3v) is 1.37. The summed E-state index contributed by atoms with van der Waals surface area (Å²) in [6.07, 6.45) is 4.68. The van der Waals surface area contributed by atoms with E-state index in [1.807, 2.05) is 0 Å². The van der Waals surface area contributed by atoms with Gasteiger partial charge in [-0.1, -0.05) is 31.4 Å². The molecule has 0 spiro atoms. The highest BCUT2D eigenvalue weighted by Crippen LogP contribution is 2.15. The van der Waals surface area contributed by atoms with Crippen LogP contribution in [0.3, 0.4) is 0 Å². The van der Waals surface area contributed by atoms with Crippen LogP contribution in [-0.2, 0) is 0 Å². The molecule has 0 radical (unpaired) electrons. The summed E-state index contributed by atoms with van der Waals surface area (Å²) in [7, 11) is 0. The number of halogens is 1. The van der Waals surface area contributed by atoms with Crippen LogP contribution >= 0.6 is 0 Å². The van der Waals surface area contributed by atoms with Crippen LogP contribution in [0.4, 0.5) is 4.39 Å². The molecular weight excluding hydrogens is 139 g/mol. The van der Waals surface area contributed by atoms with Crippen molar-refractivity contribution in [1.29, 1.82) is 0 Å². The largest absolute Gasteiger partial charge is 0.206 e. The fraction of sp³-hybridized carbons (Fsp3) is 0.200. The van der Waals surface area contributed by atoms with E-state index >= 15 is 0 Å². The van der Waals surface area contributed by atoms with Crippen LogP contribution in [-0.4, -0.2) is 0 Å². The topological polar surface area (TPSA) is 0 Å². The molecule has 0 amide bonds. The molecule has 0 heterocycles. The van der Waals surface area contributed by atoms with Gasteiger partial charge in [0.05, 0.1) is 0 Å². The quantitative estimate of drug-likeness (QED) is 0.542. The number of hydrogen-bond acceptors (Lipinski definition) is 0. The summed E-state index contributed by atoms with van der Waals surface area (Å²) in [4.78, 5) is 0. The van der Waals surface area contributed by atoms with Gasteiger partial charge in [-0.25, -0.2) is 4.39 Å². The van der Waals surface area contributed by atoms with Gasteiger partial charge in [-0.15, -0.1) is 0 Å². The Hall–Kier alpha value is -1.11. The second kappa shape index (κ2) is 4.67. The van der Waals surface area contributed by atoms with E-state index in [1.54, 1.807) is 26.0 Å². The first kappa shape index (κ1) is 9.89. The van der Waals surface area contributed by atoms with Crippen molar-refractivity contribution >= 4 is 0 Å². The van der Waals surface area contributed by atoms with E-state index in [0.717, 1.165) is 0 Å². The summed E-state index contributed by atoms with van der Waals surface area (Å²) in [5.74, 6) is -0.222. The van der Waals surface area contributed by atoms with Gasteiger partial charge < -0.3 is 0 Å². The predicted molar refractivity (Wildman–Crippen MR) is 48.0 cm³/mol. The number of hydrogen-bond donors (Lipinski definition) is 0. The van der Waals surface area contributed by atoms with Crippen LogP contribution in [0.25, 0.3) is 0 Å². The molecular formula is C10H13F. The maximum absolute atomic E-state index is 13.1. The predicted octanol–water partition coefficient (Wildman–Crippen LogP) is 3.55. The Morgan fingerprint density at radius 3 is 2.18 bits per heavy atom. The van der Waals surface area contributed by atoms with E-state index in [2.05, 4.69) is 13.2 Å². The lowest BCUT2D eigenvalue weighted by atomic mass is 10.1. The van der Waals surface area contributed by atoms with Crippen LogP contribution in [0.1, 0.15) is 13.8 Å². The van der Waals surface area contributed by atoms with E-state index in [4.69, 9.17) is 0 Å². The summed E-state index contributed by atoms with van der Waals surface area (Å²) < 4.78 is 13.1. The molecule has 0 aromatic rings. The molecule has 0 atom stereocenters. The molecule has 1 heteroatoms. The summed E-state index contributed by atoms with van der Waals surface area (Å²) in [6, 6.07) is 0. The molecule has 0 bridgehead atoms. The summed E-state index contributed by atoms with van der Waals surface area (Å²) in [5, 5.41) is 0. The molecule has 0 aliphatic carbocycles. The molecule has 0 aromatic heterocycles. The van der Waals surface area contributed by atoms with Crippen molar-refractivity contribution in [2.45, 2.75) is 13.8 Å². The minimum Gasteiger partial charge on any atom is -0.206 e. The highest BCUT2D eigenvalue weighted by atomic mass is 19.1. The maximum atomic E-state index is 13.1. The molecule has 11 heavy (non-hydrogen) atoms. The lowest BCUT2D eigenvalue weighted by Gasteiger charge is -1.97. The van der Waals surface area contributed by atoms with Gasteiger partial charge in [0.15, 0.2) is 0 Å². The van der Waals surface area contributed by atoms with Crippen LogP contribution in [0.15, 0.2) is 48.4 Å². The van der Waals surface area contributed by atoms with E-state index < -0.39 is 0 Å². The zero-order valence-electron chi connectivity index (χ0n) is 7.02. The van der Waals surface area contributed by atoms with Crippen molar-refractivity contribution in [2.75, 3.05) is 0 Å². The summed E-state index contributed by atoms with van der Waals surface area (Å²) in [6.45, 7) is 10.3. The van der Waals surface area contributed by atoms with Gasteiger partial charge in [0.1, 0.15) is 5.83 Å². The Kier molecular flexibility index (Phi) is 4.20. The third-order valence-electron chi connectivity index (χ3n) is 1.37. The molecule has 60 valence electrons. The Morgan fingerprint density at radius 2 is 1.82 bits per heavy atom. The van der Waals surface area contributed by atoms with Gasteiger partial charge >= 0.3 is 0 Å². The van der Waals surface area contributed by atoms with Gasteiger partial charge in [0.2, 0.25) is 0 Å². The maximum Gasteiger partial charge on any atom is 0.128 e. The van der Waals surface area contributed by atoms with Crippen LogP contribution in [0.5, 0.6) is 0 Å². The van der Waals surface area contributed by atoms with Gasteiger partial charge in [0.25, 0.3) is 0 Å². The standard InChI is InChI=1S/C10H13F/c1-5-7-9(4)10(11)8(3)6-2/h5-7H,1-2H2,3-4H3/b9-7+,10-8+. The zero-order chi connectivity index (χ0) is 8.85. The molecule has 0 nitrogen and oxygen atoms in total. The van der Waals surface area contributed by atoms with E-state index in [9.17, 15) is 4.39 Å². The van der Waals surface area contributed by atoms with Crippen LogP contribution in [0, 0.1) is 0 Å². The second-order valence-corrected chi connectivity index (χ2v) is 2.29. The summed E-state index contributed by atoms with van der Waals surface area (Å²) in [5.41, 5.74) is 1.14. The minimum absolute atomic E-state index is 0.222. The normalized spacial score (nSPS) is 13.9. The van der Waals surface area contributed by atoms with Gasteiger partial charge in [-0.05, 0) is 25.0 Å². The molecule has 0 rings (SSSR count). The van der Waals surface area contributed by atoms with Crippen molar-refractivity contribution < 1.29 is 4.39 Å². The molecule has 0 N–H and O–H groups in total. The fourth-order valence-corrected chi connectivity index (χ4v) is 0.651. The molecule has 0 saturated heterocycles.